The Balaban J connectivity index is 1.74. The third-order valence-electron chi connectivity index (χ3n) is 5.26. The van der Waals surface area contributed by atoms with E-state index >= 15 is 0 Å². The second-order valence-electron chi connectivity index (χ2n) is 7.05. The molecule has 0 radical (unpaired) electrons. The van der Waals surface area contributed by atoms with Crippen molar-refractivity contribution in [2.45, 2.75) is 24.2 Å². The van der Waals surface area contributed by atoms with Crippen molar-refractivity contribution in [1.82, 2.24) is 4.90 Å². The van der Waals surface area contributed by atoms with Gasteiger partial charge in [-0.1, -0.05) is 24.3 Å². The zero-order valence-electron chi connectivity index (χ0n) is 15.3. The second kappa shape index (κ2) is 7.15. The number of aliphatic hydroxyl groups is 1. The van der Waals surface area contributed by atoms with Crippen molar-refractivity contribution in [2.75, 3.05) is 5.75 Å². The van der Waals surface area contributed by atoms with Crippen LogP contribution >= 0.6 is 11.8 Å². The number of thioether (sulfide) groups is 1. The quantitative estimate of drug-likeness (QED) is 0.708. The van der Waals surface area contributed by atoms with Crippen LogP contribution in [0.5, 0.6) is 0 Å². The summed E-state index contributed by atoms with van der Waals surface area (Å²) in [5.41, 5.74) is -1.62. The molecule has 1 amide bonds. The van der Waals surface area contributed by atoms with Gasteiger partial charge in [0.2, 0.25) is 5.91 Å². The molecular weight excluding hydrogens is 420 g/mol. The van der Waals surface area contributed by atoms with Crippen LogP contribution in [0.1, 0.15) is 29.0 Å². The Morgan fingerprint density at radius 3 is 2.33 bits per heavy atom. The van der Waals surface area contributed by atoms with Crippen molar-refractivity contribution in [1.29, 1.82) is 5.26 Å². The molecule has 154 valence electrons. The maximum absolute atomic E-state index is 13.3. The van der Waals surface area contributed by atoms with Gasteiger partial charge < -0.3 is 5.11 Å². The van der Waals surface area contributed by atoms with Gasteiger partial charge >= 0.3 is 6.18 Å². The van der Waals surface area contributed by atoms with Gasteiger partial charge in [-0.25, -0.2) is 4.39 Å². The Labute approximate surface area is 173 Å². The fraction of sp³-hybridized carbons (Fsp3) is 0.238. The van der Waals surface area contributed by atoms with Crippen LogP contribution in [0.4, 0.5) is 17.6 Å². The van der Waals surface area contributed by atoms with Crippen LogP contribution in [0.15, 0.2) is 59.1 Å². The molecule has 30 heavy (non-hydrogen) atoms. The summed E-state index contributed by atoms with van der Waals surface area (Å²) >= 11 is 1.11. The maximum Gasteiger partial charge on any atom is 0.416 e. The summed E-state index contributed by atoms with van der Waals surface area (Å²) in [6.45, 7) is 0. The van der Waals surface area contributed by atoms with E-state index in [1.165, 1.54) is 36.4 Å². The first-order chi connectivity index (χ1) is 14.1. The number of amides is 1. The van der Waals surface area contributed by atoms with Gasteiger partial charge in [0.05, 0.1) is 28.0 Å². The molecule has 0 spiro atoms. The van der Waals surface area contributed by atoms with E-state index < -0.39 is 35.1 Å². The SMILES string of the molecule is N#CC1=C2SC[C@@](O)(c3ccc(F)cc3)N2C(=O)C[C@@H]1c1ccc(C(F)(F)F)cc1. The van der Waals surface area contributed by atoms with Crippen LogP contribution in [0.25, 0.3) is 0 Å². The molecular formula is C21H14F4N2O2S. The van der Waals surface area contributed by atoms with Gasteiger partial charge in [-0.05, 0) is 29.8 Å². The molecule has 1 N–H and O–H groups in total. The minimum Gasteiger partial charge on any atom is -0.366 e. The molecule has 2 aliphatic rings. The first kappa shape index (κ1) is 20.4. The van der Waals surface area contributed by atoms with E-state index in [0.29, 0.717) is 11.1 Å². The highest BCUT2D eigenvalue weighted by atomic mass is 32.2. The van der Waals surface area contributed by atoms with Gasteiger partial charge in [-0.3, -0.25) is 9.69 Å². The van der Waals surface area contributed by atoms with Gasteiger partial charge in [0.1, 0.15) is 5.82 Å². The molecule has 2 aromatic rings. The summed E-state index contributed by atoms with van der Waals surface area (Å²) in [4.78, 5) is 14.1. The molecule has 1 saturated heterocycles. The smallest absolute Gasteiger partial charge is 0.366 e. The Morgan fingerprint density at radius 1 is 1.13 bits per heavy atom. The van der Waals surface area contributed by atoms with Gasteiger partial charge in [0, 0.05) is 17.9 Å². The summed E-state index contributed by atoms with van der Waals surface area (Å²) < 4.78 is 51.8. The standard InChI is InChI=1S/C21H14F4N2O2S/c22-15-7-5-13(6-8-15)20(29)11-30-19-17(10-26)16(9-18(28)27(19)20)12-1-3-14(4-2-12)21(23,24)25/h1-8,16,29H,9,11H2/t16-,20-/m1/s1. The number of alkyl halides is 3. The number of carbonyl (C=O) groups excluding carboxylic acids is 1. The first-order valence-corrected chi connectivity index (χ1v) is 9.89. The molecule has 2 heterocycles. The summed E-state index contributed by atoms with van der Waals surface area (Å²) in [7, 11) is 0. The lowest BCUT2D eigenvalue weighted by Gasteiger charge is -2.38. The summed E-state index contributed by atoms with van der Waals surface area (Å²) in [6.07, 6.45) is -4.66. The molecule has 2 aliphatic heterocycles. The van der Waals surface area contributed by atoms with Crippen molar-refractivity contribution in [3.63, 3.8) is 0 Å². The molecule has 0 bridgehead atoms. The average Bonchev–Trinajstić information content (AvgIpc) is 3.07. The van der Waals surface area contributed by atoms with Crippen molar-refractivity contribution in [3.05, 3.63) is 81.6 Å². The Bertz CT molecular complexity index is 1070. The molecule has 4 rings (SSSR count). The zero-order valence-corrected chi connectivity index (χ0v) is 16.1. The Morgan fingerprint density at radius 2 is 1.77 bits per heavy atom. The number of fused-ring (bicyclic) bond motifs is 1. The number of nitrogens with zero attached hydrogens (tertiary/aromatic N) is 2. The van der Waals surface area contributed by atoms with Crippen LogP contribution in [0.2, 0.25) is 0 Å². The summed E-state index contributed by atoms with van der Waals surface area (Å²) in [5.74, 6) is -1.62. The van der Waals surface area contributed by atoms with Crippen LogP contribution < -0.4 is 0 Å². The van der Waals surface area contributed by atoms with E-state index in [-0.39, 0.29) is 22.8 Å². The number of nitriles is 1. The van der Waals surface area contributed by atoms with Crippen LogP contribution in [-0.4, -0.2) is 21.7 Å². The third kappa shape index (κ3) is 3.26. The largest absolute Gasteiger partial charge is 0.416 e. The molecule has 0 saturated carbocycles. The third-order valence-corrected chi connectivity index (χ3v) is 6.48. The van der Waals surface area contributed by atoms with Crippen LogP contribution in [0.3, 0.4) is 0 Å². The fourth-order valence-electron chi connectivity index (χ4n) is 3.74. The number of rotatable bonds is 2. The molecule has 4 nitrogen and oxygen atoms in total. The summed E-state index contributed by atoms with van der Waals surface area (Å²) in [6, 6.07) is 11.5. The lowest BCUT2D eigenvalue weighted by atomic mass is 9.85. The highest BCUT2D eigenvalue weighted by Crippen LogP contribution is 2.51. The van der Waals surface area contributed by atoms with E-state index in [2.05, 4.69) is 6.07 Å². The van der Waals surface area contributed by atoms with Crippen LogP contribution in [0, 0.1) is 17.1 Å². The van der Waals surface area contributed by atoms with E-state index in [1.54, 1.807) is 0 Å². The molecule has 9 heteroatoms. The van der Waals surface area contributed by atoms with E-state index in [1.807, 2.05) is 0 Å². The number of hydrogen-bond donors (Lipinski definition) is 1. The van der Waals surface area contributed by atoms with Gasteiger partial charge in [0.15, 0.2) is 5.72 Å². The topological polar surface area (TPSA) is 64.3 Å². The highest BCUT2D eigenvalue weighted by Gasteiger charge is 2.51. The molecule has 0 unspecified atom stereocenters. The minimum atomic E-state index is -4.48. The lowest BCUT2D eigenvalue weighted by molar-refractivity contribution is -0.149. The van der Waals surface area contributed by atoms with Crippen LogP contribution in [-0.2, 0) is 16.7 Å². The minimum absolute atomic E-state index is 0.0462. The highest BCUT2D eigenvalue weighted by molar-refractivity contribution is 8.03. The van der Waals surface area contributed by atoms with Crippen molar-refractivity contribution < 1.29 is 27.5 Å². The van der Waals surface area contributed by atoms with Gasteiger partial charge in [0.25, 0.3) is 0 Å². The fourth-order valence-corrected chi connectivity index (χ4v) is 5.10. The monoisotopic (exact) mass is 434 g/mol. The van der Waals surface area contributed by atoms with E-state index in [4.69, 9.17) is 0 Å². The molecule has 2 aromatic carbocycles. The predicted molar refractivity (Wildman–Crippen MR) is 101 cm³/mol. The van der Waals surface area contributed by atoms with E-state index in [0.717, 1.165) is 28.8 Å². The first-order valence-electron chi connectivity index (χ1n) is 8.91. The van der Waals surface area contributed by atoms with Gasteiger partial charge in [-0.15, -0.1) is 11.8 Å². The number of halogens is 4. The molecule has 0 aromatic heterocycles. The number of carbonyl (C=O) groups is 1. The van der Waals surface area contributed by atoms with E-state index in [9.17, 15) is 32.7 Å². The summed E-state index contributed by atoms with van der Waals surface area (Å²) in [5, 5.41) is 21.2. The number of allylic oxidation sites excluding steroid dienone is 1. The predicted octanol–water partition coefficient (Wildman–Crippen LogP) is 4.49. The Kier molecular flexibility index (Phi) is 4.87. The van der Waals surface area contributed by atoms with Crippen molar-refractivity contribution in [2.24, 2.45) is 0 Å². The molecule has 1 fully saturated rings. The zero-order chi connectivity index (χ0) is 21.7. The Hall–Kier alpha value is -2.83. The number of hydrogen-bond acceptors (Lipinski definition) is 4. The lowest BCUT2D eigenvalue weighted by Crippen LogP contribution is -2.48. The molecule has 0 aliphatic carbocycles. The van der Waals surface area contributed by atoms with Crippen molar-refractivity contribution >= 4 is 17.7 Å². The second-order valence-corrected chi connectivity index (χ2v) is 8.01. The molecule has 2 atom stereocenters. The van der Waals surface area contributed by atoms with Gasteiger partial charge in [-0.2, -0.15) is 18.4 Å². The van der Waals surface area contributed by atoms with Crippen molar-refractivity contribution in [3.8, 4) is 6.07 Å². The number of benzene rings is 2. The average molecular weight is 434 g/mol. The maximum atomic E-state index is 13.3. The normalized spacial score (nSPS) is 24.1.